The highest BCUT2D eigenvalue weighted by Crippen LogP contribution is 2.27. The van der Waals surface area contributed by atoms with Gasteiger partial charge in [0.25, 0.3) is 0 Å². The maximum atomic E-state index is 5.37. The van der Waals surface area contributed by atoms with Crippen LogP contribution in [-0.2, 0) is 11.3 Å². The highest BCUT2D eigenvalue weighted by atomic mass is 32.1. The van der Waals surface area contributed by atoms with Crippen molar-refractivity contribution in [3.63, 3.8) is 0 Å². The van der Waals surface area contributed by atoms with Gasteiger partial charge in [-0.05, 0) is 30.0 Å². The number of ether oxygens (including phenoxy) is 1. The first-order valence-electron chi connectivity index (χ1n) is 6.10. The molecule has 0 N–H and O–H groups in total. The lowest BCUT2D eigenvalue weighted by molar-refractivity contribution is 0.0346. The molecular formula is C14H17NOS. The molecule has 1 aliphatic rings. The third-order valence-corrected chi connectivity index (χ3v) is 4.29. The van der Waals surface area contributed by atoms with E-state index in [4.69, 9.17) is 4.74 Å². The lowest BCUT2D eigenvalue weighted by Gasteiger charge is -2.25. The Kier molecular flexibility index (Phi) is 3.14. The predicted octanol–water partition coefficient (Wildman–Crippen LogP) is 3.04. The van der Waals surface area contributed by atoms with Gasteiger partial charge >= 0.3 is 0 Å². The van der Waals surface area contributed by atoms with Crippen molar-refractivity contribution >= 4 is 21.4 Å². The van der Waals surface area contributed by atoms with E-state index in [2.05, 4.69) is 36.1 Å². The zero-order valence-electron chi connectivity index (χ0n) is 10.1. The Balaban J connectivity index is 1.80. The van der Waals surface area contributed by atoms with Crippen LogP contribution in [0.5, 0.6) is 0 Å². The SMILES string of the molecule is Cc1ccc2cc(CN3CCOCC3)sc2c1. The van der Waals surface area contributed by atoms with Crippen LogP contribution >= 0.6 is 11.3 Å². The van der Waals surface area contributed by atoms with Crippen molar-refractivity contribution < 1.29 is 4.74 Å². The van der Waals surface area contributed by atoms with Gasteiger partial charge in [0.1, 0.15) is 0 Å². The van der Waals surface area contributed by atoms with E-state index < -0.39 is 0 Å². The average Bonchev–Trinajstić information content (AvgIpc) is 2.71. The summed E-state index contributed by atoms with van der Waals surface area (Å²) in [5.74, 6) is 0. The van der Waals surface area contributed by atoms with Crippen LogP contribution in [0.25, 0.3) is 10.1 Å². The lowest BCUT2D eigenvalue weighted by atomic mass is 10.2. The smallest absolute Gasteiger partial charge is 0.0594 e. The molecule has 2 aromatic rings. The van der Waals surface area contributed by atoms with Gasteiger partial charge in [0.15, 0.2) is 0 Å². The van der Waals surface area contributed by atoms with Gasteiger partial charge in [-0.25, -0.2) is 0 Å². The first kappa shape index (κ1) is 11.2. The molecule has 1 aromatic heterocycles. The zero-order chi connectivity index (χ0) is 11.7. The van der Waals surface area contributed by atoms with Crippen LogP contribution < -0.4 is 0 Å². The van der Waals surface area contributed by atoms with Gasteiger partial charge in [-0.15, -0.1) is 11.3 Å². The lowest BCUT2D eigenvalue weighted by Crippen LogP contribution is -2.35. The van der Waals surface area contributed by atoms with Crippen LogP contribution in [0.1, 0.15) is 10.4 Å². The van der Waals surface area contributed by atoms with Crippen LogP contribution in [-0.4, -0.2) is 31.2 Å². The van der Waals surface area contributed by atoms with Crippen molar-refractivity contribution in [2.75, 3.05) is 26.3 Å². The molecule has 0 saturated carbocycles. The number of nitrogens with zero attached hydrogens (tertiary/aromatic N) is 1. The fourth-order valence-corrected chi connectivity index (χ4v) is 3.46. The van der Waals surface area contributed by atoms with E-state index in [1.165, 1.54) is 20.5 Å². The van der Waals surface area contributed by atoms with Crippen LogP contribution in [0.4, 0.5) is 0 Å². The predicted molar refractivity (Wildman–Crippen MR) is 72.7 cm³/mol. The minimum absolute atomic E-state index is 0.879. The summed E-state index contributed by atoms with van der Waals surface area (Å²) >= 11 is 1.92. The van der Waals surface area contributed by atoms with Crippen molar-refractivity contribution in [3.8, 4) is 0 Å². The molecule has 3 rings (SSSR count). The van der Waals surface area contributed by atoms with Gasteiger partial charge in [-0.2, -0.15) is 0 Å². The number of aryl methyl sites for hydroxylation is 1. The summed E-state index contributed by atoms with van der Waals surface area (Å²) in [6.07, 6.45) is 0. The summed E-state index contributed by atoms with van der Waals surface area (Å²) in [7, 11) is 0. The van der Waals surface area contributed by atoms with E-state index in [1.807, 2.05) is 11.3 Å². The molecule has 0 unspecified atom stereocenters. The third-order valence-electron chi connectivity index (χ3n) is 3.21. The Bertz CT molecular complexity index is 514. The second-order valence-corrected chi connectivity index (χ2v) is 5.81. The highest BCUT2D eigenvalue weighted by Gasteiger charge is 2.12. The summed E-state index contributed by atoms with van der Waals surface area (Å²) in [5, 5.41) is 1.38. The van der Waals surface area contributed by atoms with Gasteiger partial charge in [0.2, 0.25) is 0 Å². The number of fused-ring (bicyclic) bond motifs is 1. The molecular weight excluding hydrogens is 230 g/mol. The first-order valence-corrected chi connectivity index (χ1v) is 6.92. The van der Waals surface area contributed by atoms with E-state index >= 15 is 0 Å². The molecule has 3 heteroatoms. The van der Waals surface area contributed by atoms with Crippen molar-refractivity contribution in [2.45, 2.75) is 13.5 Å². The Labute approximate surface area is 106 Å². The summed E-state index contributed by atoms with van der Waals surface area (Å²) in [5.41, 5.74) is 1.34. The second kappa shape index (κ2) is 4.77. The molecule has 17 heavy (non-hydrogen) atoms. The number of benzene rings is 1. The average molecular weight is 247 g/mol. The molecule has 0 bridgehead atoms. The molecule has 90 valence electrons. The molecule has 0 amide bonds. The van der Waals surface area contributed by atoms with E-state index in [0.717, 1.165) is 32.8 Å². The molecule has 0 atom stereocenters. The van der Waals surface area contributed by atoms with E-state index in [9.17, 15) is 0 Å². The number of hydrogen-bond donors (Lipinski definition) is 0. The second-order valence-electron chi connectivity index (χ2n) is 4.64. The highest BCUT2D eigenvalue weighted by molar-refractivity contribution is 7.19. The van der Waals surface area contributed by atoms with Crippen molar-refractivity contribution in [1.82, 2.24) is 4.90 Å². The topological polar surface area (TPSA) is 12.5 Å². The Morgan fingerprint density at radius 3 is 2.88 bits per heavy atom. The molecule has 0 radical (unpaired) electrons. The van der Waals surface area contributed by atoms with Crippen molar-refractivity contribution in [3.05, 3.63) is 34.7 Å². The van der Waals surface area contributed by atoms with Crippen LogP contribution in [0, 0.1) is 6.92 Å². The Morgan fingerprint density at radius 2 is 2.06 bits per heavy atom. The van der Waals surface area contributed by atoms with Gasteiger partial charge in [-0.3, -0.25) is 4.90 Å². The van der Waals surface area contributed by atoms with Crippen molar-refractivity contribution in [1.29, 1.82) is 0 Å². The minimum atomic E-state index is 0.879. The zero-order valence-corrected chi connectivity index (χ0v) is 10.9. The van der Waals surface area contributed by atoms with Crippen LogP contribution in [0.2, 0.25) is 0 Å². The summed E-state index contributed by atoms with van der Waals surface area (Å²) in [6.45, 7) is 7.11. The molecule has 1 aromatic carbocycles. The number of rotatable bonds is 2. The maximum absolute atomic E-state index is 5.37. The summed E-state index contributed by atoms with van der Waals surface area (Å²) in [6, 6.07) is 9.02. The minimum Gasteiger partial charge on any atom is -0.379 e. The Hall–Kier alpha value is -0.900. The van der Waals surface area contributed by atoms with Crippen LogP contribution in [0.3, 0.4) is 0 Å². The van der Waals surface area contributed by atoms with Gasteiger partial charge in [0.05, 0.1) is 13.2 Å². The van der Waals surface area contributed by atoms with E-state index in [1.54, 1.807) is 0 Å². The maximum Gasteiger partial charge on any atom is 0.0594 e. The van der Waals surface area contributed by atoms with Gasteiger partial charge in [0, 0.05) is 29.2 Å². The molecule has 2 nitrogen and oxygen atoms in total. The molecule has 0 aliphatic carbocycles. The number of thiophene rings is 1. The van der Waals surface area contributed by atoms with Gasteiger partial charge < -0.3 is 4.74 Å². The number of morpholine rings is 1. The quantitative estimate of drug-likeness (QED) is 0.809. The third kappa shape index (κ3) is 2.51. The number of hydrogen-bond acceptors (Lipinski definition) is 3. The van der Waals surface area contributed by atoms with E-state index in [-0.39, 0.29) is 0 Å². The largest absolute Gasteiger partial charge is 0.379 e. The standard InChI is InChI=1S/C14H17NOS/c1-11-2-3-12-9-13(17-14(12)8-11)10-15-4-6-16-7-5-15/h2-3,8-9H,4-7,10H2,1H3. The van der Waals surface area contributed by atoms with E-state index in [0.29, 0.717) is 0 Å². The molecule has 1 fully saturated rings. The van der Waals surface area contributed by atoms with Gasteiger partial charge in [-0.1, -0.05) is 12.1 Å². The summed E-state index contributed by atoms with van der Waals surface area (Å²) < 4.78 is 6.78. The monoisotopic (exact) mass is 247 g/mol. The van der Waals surface area contributed by atoms with Crippen molar-refractivity contribution in [2.24, 2.45) is 0 Å². The normalized spacial score (nSPS) is 17.7. The Morgan fingerprint density at radius 1 is 1.24 bits per heavy atom. The first-order chi connectivity index (χ1) is 8.31. The molecule has 0 spiro atoms. The molecule has 1 aliphatic heterocycles. The van der Waals surface area contributed by atoms with Crippen LogP contribution in [0.15, 0.2) is 24.3 Å². The fourth-order valence-electron chi connectivity index (χ4n) is 2.25. The fraction of sp³-hybridized carbons (Fsp3) is 0.429. The molecule has 1 saturated heterocycles. The summed E-state index contributed by atoms with van der Waals surface area (Å²) in [4.78, 5) is 3.94. The molecule has 2 heterocycles.